The molecule has 224 valence electrons. The molecule has 1 aliphatic heterocycles. The molecule has 0 saturated heterocycles. The fourth-order valence-electron chi connectivity index (χ4n) is 9.87. The maximum atomic E-state index is 12.4. The summed E-state index contributed by atoms with van der Waals surface area (Å²) in [6.07, 6.45) is 16.9. The number of hydrogen-bond acceptors (Lipinski definition) is 4. The predicted octanol–water partition coefficient (Wildman–Crippen LogP) is 7.89. The second-order valence-electron chi connectivity index (χ2n) is 14.7. The lowest BCUT2D eigenvalue weighted by atomic mass is 9.47. The molecule has 1 N–H and O–H groups in total. The van der Waals surface area contributed by atoms with E-state index in [1.807, 2.05) is 0 Å². The molecule has 5 nitrogen and oxygen atoms in total. The Morgan fingerprint density at radius 3 is 2.73 bits per heavy atom. The van der Waals surface area contributed by atoms with Crippen LogP contribution in [0.1, 0.15) is 125 Å². The zero-order chi connectivity index (χ0) is 28.7. The second-order valence-corrected chi connectivity index (χ2v) is 14.7. The number of allylic oxidation sites excluding steroid dienone is 2. The standard InChI is InChI=1S/C35H55NO4/c1-7-8-9-10-32(38)39-26-15-17-34(5)25(19-26)12-13-27-28(34)16-18-35(6)29(27)20-31-33(35)23(3)30(40-31)14-11-22(2)21-36-24(4)37/h12,22,26-29,31,33H,7-11,13-21H2,1-6H3,(H,36,37)/t22-,26+,27-,28+,29+,31+,33+,34+,35+/m1/s1. The highest BCUT2D eigenvalue weighted by Crippen LogP contribution is 2.69. The molecule has 5 heteroatoms. The van der Waals surface area contributed by atoms with Gasteiger partial charge < -0.3 is 14.8 Å². The van der Waals surface area contributed by atoms with Crippen LogP contribution in [-0.2, 0) is 19.1 Å². The van der Waals surface area contributed by atoms with Gasteiger partial charge in [0.2, 0.25) is 5.91 Å². The Morgan fingerprint density at radius 1 is 1.18 bits per heavy atom. The minimum Gasteiger partial charge on any atom is -0.494 e. The van der Waals surface area contributed by atoms with E-state index in [2.05, 4.69) is 46.0 Å². The van der Waals surface area contributed by atoms with Gasteiger partial charge in [-0.05, 0) is 98.4 Å². The zero-order valence-corrected chi connectivity index (χ0v) is 26.2. The topological polar surface area (TPSA) is 64.6 Å². The van der Waals surface area contributed by atoms with Gasteiger partial charge in [0, 0.05) is 38.6 Å². The number of unbranched alkanes of at least 4 members (excludes halogenated alkanes) is 2. The zero-order valence-electron chi connectivity index (χ0n) is 26.2. The molecule has 1 heterocycles. The van der Waals surface area contributed by atoms with Crippen molar-refractivity contribution in [2.45, 2.75) is 137 Å². The first kappa shape index (κ1) is 29.7. The lowest BCUT2D eigenvalue weighted by Gasteiger charge is -2.58. The molecule has 0 radical (unpaired) electrons. The van der Waals surface area contributed by atoms with E-state index in [-0.39, 0.29) is 23.4 Å². The third-order valence-corrected chi connectivity index (χ3v) is 12.1. The number of fused-ring (bicyclic) bond motifs is 7. The monoisotopic (exact) mass is 553 g/mol. The summed E-state index contributed by atoms with van der Waals surface area (Å²) < 4.78 is 12.7. The first-order valence-electron chi connectivity index (χ1n) is 16.6. The van der Waals surface area contributed by atoms with Crippen LogP contribution in [0.3, 0.4) is 0 Å². The summed E-state index contributed by atoms with van der Waals surface area (Å²) in [6.45, 7) is 14.2. The maximum absolute atomic E-state index is 12.4. The van der Waals surface area contributed by atoms with Crippen molar-refractivity contribution >= 4 is 11.9 Å². The predicted molar refractivity (Wildman–Crippen MR) is 159 cm³/mol. The molecule has 0 unspecified atom stereocenters. The van der Waals surface area contributed by atoms with E-state index < -0.39 is 0 Å². The van der Waals surface area contributed by atoms with Gasteiger partial charge in [0.15, 0.2) is 0 Å². The van der Waals surface area contributed by atoms with E-state index in [1.54, 1.807) is 12.5 Å². The van der Waals surface area contributed by atoms with Gasteiger partial charge in [-0.2, -0.15) is 0 Å². The van der Waals surface area contributed by atoms with Gasteiger partial charge in [0.25, 0.3) is 0 Å². The van der Waals surface area contributed by atoms with Gasteiger partial charge in [-0.15, -0.1) is 0 Å². The molecule has 9 atom stereocenters. The van der Waals surface area contributed by atoms with Crippen molar-refractivity contribution in [2.75, 3.05) is 6.54 Å². The van der Waals surface area contributed by atoms with E-state index in [4.69, 9.17) is 9.47 Å². The molecule has 4 aliphatic carbocycles. The molecule has 3 fully saturated rings. The summed E-state index contributed by atoms with van der Waals surface area (Å²) in [4.78, 5) is 23.7. The van der Waals surface area contributed by atoms with E-state index in [0.717, 1.165) is 75.7 Å². The molecular weight excluding hydrogens is 498 g/mol. The number of carbonyl (C=O) groups excluding carboxylic acids is 2. The fourth-order valence-corrected chi connectivity index (χ4v) is 9.87. The van der Waals surface area contributed by atoms with Crippen LogP contribution in [0.15, 0.2) is 23.0 Å². The Balaban J connectivity index is 1.23. The second kappa shape index (κ2) is 11.8. The van der Waals surface area contributed by atoms with Crippen LogP contribution in [0.2, 0.25) is 0 Å². The Kier molecular flexibility index (Phi) is 8.79. The van der Waals surface area contributed by atoms with E-state index in [1.165, 1.54) is 37.0 Å². The molecule has 0 aromatic rings. The van der Waals surface area contributed by atoms with Gasteiger partial charge in [0.05, 0.1) is 5.76 Å². The fraction of sp³-hybridized carbons (Fsp3) is 0.829. The maximum Gasteiger partial charge on any atom is 0.306 e. The van der Waals surface area contributed by atoms with Crippen LogP contribution in [0.4, 0.5) is 0 Å². The molecule has 0 bridgehead atoms. The summed E-state index contributed by atoms with van der Waals surface area (Å²) in [5.74, 6) is 4.51. The van der Waals surface area contributed by atoms with E-state index >= 15 is 0 Å². The van der Waals surface area contributed by atoms with Crippen LogP contribution in [0.25, 0.3) is 0 Å². The summed E-state index contributed by atoms with van der Waals surface area (Å²) in [6, 6.07) is 0. The summed E-state index contributed by atoms with van der Waals surface area (Å²) in [7, 11) is 0. The lowest BCUT2D eigenvalue weighted by molar-refractivity contribution is -0.151. The molecule has 3 saturated carbocycles. The summed E-state index contributed by atoms with van der Waals surface area (Å²) in [5, 5.41) is 2.96. The molecular formula is C35H55NO4. The third kappa shape index (κ3) is 5.52. The normalized spacial score (nSPS) is 38.8. The van der Waals surface area contributed by atoms with Gasteiger partial charge in [0.1, 0.15) is 12.2 Å². The van der Waals surface area contributed by atoms with Crippen molar-refractivity contribution in [1.82, 2.24) is 5.32 Å². The van der Waals surface area contributed by atoms with Gasteiger partial charge >= 0.3 is 5.97 Å². The molecule has 0 aromatic heterocycles. The van der Waals surface area contributed by atoms with Crippen molar-refractivity contribution in [3.63, 3.8) is 0 Å². The van der Waals surface area contributed by atoms with Crippen LogP contribution < -0.4 is 5.32 Å². The Bertz CT molecular complexity index is 1030. The highest BCUT2D eigenvalue weighted by Gasteiger charge is 2.63. The first-order valence-corrected chi connectivity index (χ1v) is 16.6. The first-order chi connectivity index (χ1) is 19.1. The quantitative estimate of drug-likeness (QED) is 0.170. The van der Waals surface area contributed by atoms with E-state index in [0.29, 0.717) is 29.8 Å². The number of carbonyl (C=O) groups is 2. The smallest absolute Gasteiger partial charge is 0.306 e. The number of ether oxygens (including phenoxy) is 2. The van der Waals surface area contributed by atoms with Crippen LogP contribution in [0.5, 0.6) is 0 Å². The van der Waals surface area contributed by atoms with Crippen molar-refractivity contribution in [3.8, 4) is 0 Å². The average molecular weight is 554 g/mol. The third-order valence-electron chi connectivity index (χ3n) is 12.1. The van der Waals surface area contributed by atoms with Gasteiger partial charge in [-0.3, -0.25) is 9.59 Å². The van der Waals surface area contributed by atoms with Crippen LogP contribution >= 0.6 is 0 Å². The number of amides is 1. The van der Waals surface area contributed by atoms with Gasteiger partial charge in [-0.25, -0.2) is 0 Å². The van der Waals surface area contributed by atoms with Crippen LogP contribution in [-0.4, -0.2) is 30.6 Å². The minimum absolute atomic E-state index is 0.00671. The Morgan fingerprint density at radius 2 is 1.98 bits per heavy atom. The largest absolute Gasteiger partial charge is 0.494 e. The van der Waals surface area contributed by atoms with Crippen molar-refractivity contribution < 1.29 is 19.1 Å². The lowest BCUT2D eigenvalue weighted by Crippen LogP contribution is -2.50. The Labute approximate surface area is 243 Å². The highest BCUT2D eigenvalue weighted by atomic mass is 16.5. The molecule has 5 rings (SSSR count). The van der Waals surface area contributed by atoms with Gasteiger partial charge in [-0.1, -0.05) is 52.2 Å². The number of hydrogen-bond donors (Lipinski definition) is 1. The van der Waals surface area contributed by atoms with Crippen molar-refractivity contribution in [1.29, 1.82) is 0 Å². The molecule has 1 amide bonds. The molecule has 40 heavy (non-hydrogen) atoms. The average Bonchev–Trinajstić information content (AvgIpc) is 3.39. The number of esters is 1. The van der Waals surface area contributed by atoms with E-state index in [9.17, 15) is 9.59 Å². The molecule has 5 aliphatic rings. The summed E-state index contributed by atoms with van der Waals surface area (Å²) in [5.41, 5.74) is 3.68. The Hall–Kier alpha value is -1.78. The van der Waals surface area contributed by atoms with Crippen molar-refractivity contribution in [2.24, 2.45) is 40.4 Å². The molecule has 0 spiro atoms. The highest BCUT2D eigenvalue weighted by molar-refractivity contribution is 5.72. The summed E-state index contributed by atoms with van der Waals surface area (Å²) >= 11 is 0. The number of nitrogens with one attached hydrogen (secondary N) is 1. The SMILES string of the molecule is CCCCCC(=O)O[C@H]1CC[C@@]2(C)C(=CC[C@H]3[C@@H]4C[C@@H]5OC(CC[C@@H](C)CNC(C)=O)=C(C)[C@@H]5[C@@]4(C)CC[C@@H]32)C1. The van der Waals surface area contributed by atoms with Crippen LogP contribution in [0, 0.1) is 40.4 Å². The minimum atomic E-state index is 0.00671. The molecule has 0 aromatic carbocycles. The number of rotatable bonds is 10. The van der Waals surface area contributed by atoms with Crippen molar-refractivity contribution in [3.05, 3.63) is 23.0 Å².